The summed E-state index contributed by atoms with van der Waals surface area (Å²) >= 11 is 1.49. The molecule has 1 aromatic heterocycles. The third-order valence-corrected chi connectivity index (χ3v) is 3.58. The molecule has 19 heavy (non-hydrogen) atoms. The molecule has 0 fully saturated rings. The van der Waals surface area contributed by atoms with E-state index < -0.39 is 0 Å². The maximum atomic E-state index is 7.58. The first-order chi connectivity index (χ1) is 9.10. The largest absolute Gasteiger partial charge is 0.497 e. The second-order valence-corrected chi connectivity index (χ2v) is 5.06. The molecule has 0 aliphatic rings. The summed E-state index contributed by atoms with van der Waals surface area (Å²) < 4.78 is 5.12. The van der Waals surface area contributed by atoms with Gasteiger partial charge in [-0.2, -0.15) is 0 Å². The Kier molecular flexibility index (Phi) is 4.06. The summed E-state index contributed by atoms with van der Waals surface area (Å²) in [6, 6.07) is 11.4. The van der Waals surface area contributed by atoms with Gasteiger partial charge in [-0.05, 0) is 43.3 Å². The molecule has 2 aromatic rings. The average molecular weight is 273 g/mol. The number of hydrogen-bond donors (Lipinski definition) is 2. The second kappa shape index (κ2) is 5.75. The Balaban J connectivity index is 2.31. The summed E-state index contributed by atoms with van der Waals surface area (Å²) in [6.45, 7) is 1.92. The van der Waals surface area contributed by atoms with E-state index in [1.165, 1.54) is 11.8 Å². The molecule has 5 heteroatoms. The molecule has 0 unspecified atom stereocenters. The van der Waals surface area contributed by atoms with Crippen LogP contribution in [-0.2, 0) is 0 Å². The standard InChI is InChI=1S/C14H15N3OS/c1-9-3-8-12(13(15)16)14(17-9)19-11-6-4-10(18-2)5-7-11/h3-8H,1-2H3,(H3,15,16). The van der Waals surface area contributed by atoms with E-state index in [-0.39, 0.29) is 5.84 Å². The van der Waals surface area contributed by atoms with Crippen molar-refractivity contribution in [3.05, 3.63) is 47.7 Å². The van der Waals surface area contributed by atoms with Crippen molar-refractivity contribution in [1.82, 2.24) is 4.98 Å². The Morgan fingerprint density at radius 3 is 2.47 bits per heavy atom. The molecule has 0 saturated heterocycles. The van der Waals surface area contributed by atoms with Crippen LogP contribution in [0.4, 0.5) is 0 Å². The van der Waals surface area contributed by atoms with Crippen molar-refractivity contribution < 1.29 is 4.74 Å². The van der Waals surface area contributed by atoms with Gasteiger partial charge < -0.3 is 10.5 Å². The molecule has 0 radical (unpaired) electrons. The highest BCUT2D eigenvalue weighted by atomic mass is 32.2. The number of amidine groups is 1. The first-order valence-corrected chi connectivity index (χ1v) is 6.56. The van der Waals surface area contributed by atoms with E-state index in [9.17, 15) is 0 Å². The molecule has 0 aliphatic heterocycles. The molecule has 3 N–H and O–H groups in total. The van der Waals surface area contributed by atoms with Gasteiger partial charge in [0, 0.05) is 16.2 Å². The van der Waals surface area contributed by atoms with Crippen LogP contribution in [0.25, 0.3) is 0 Å². The van der Waals surface area contributed by atoms with Gasteiger partial charge >= 0.3 is 0 Å². The fourth-order valence-corrected chi connectivity index (χ4v) is 2.54. The number of nitrogens with zero attached hydrogens (tertiary/aromatic N) is 1. The van der Waals surface area contributed by atoms with Crippen LogP contribution in [0.3, 0.4) is 0 Å². The molecule has 4 nitrogen and oxygen atoms in total. The van der Waals surface area contributed by atoms with Gasteiger partial charge in [-0.15, -0.1) is 0 Å². The van der Waals surface area contributed by atoms with E-state index in [4.69, 9.17) is 15.9 Å². The van der Waals surface area contributed by atoms with E-state index in [1.807, 2.05) is 43.3 Å². The number of benzene rings is 1. The zero-order valence-corrected chi connectivity index (χ0v) is 11.6. The van der Waals surface area contributed by atoms with Gasteiger partial charge in [0.1, 0.15) is 16.6 Å². The predicted octanol–water partition coefficient (Wildman–Crippen LogP) is 2.83. The Morgan fingerprint density at radius 1 is 1.21 bits per heavy atom. The number of aryl methyl sites for hydroxylation is 1. The van der Waals surface area contributed by atoms with Gasteiger partial charge in [-0.25, -0.2) is 4.98 Å². The van der Waals surface area contributed by atoms with Gasteiger partial charge in [0.05, 0.1) is 7.11 Å². The van der Waals surface area contributed by atoms with E-state index in [0.717, 1.165) is 21.4 Å². The normalized spacial score (nSPS) is 10.2. The predicted molar refractivity (Wildman–Crippen MR) is 77.1 cm³/mol. The summed E-state index contributed by atoms with van der Waals surface area (Å²) in [6.07, 6.45) is 0. The zero-order chi connectivity index (χ0) is 13.8. The van der Waals surface area contributed by atoms with Gasteiger partial charge in [0.15, 0.2) is 0 Å². The lowest BCUT2D eigenvalue weighted by molar-refractivity contribution is 0.414. The minimum atomic E-state index is 0.0310. The number of methoxy groups -OCH3 is 1. The van der Waals surface area contributed by atoms with Crippen molar-refractivity contribution in [2.24, 2.45) is 5.73 Å². The third-order valence-electron chi connectivity index (χ3n) is 2.56. The van der Waals surface area contributed by atoms with Crippen LogP contribution in [-0.4, -0.2) is 17.9 Å². The van der Waals surface area contributed by atoms with Crippen LogP contribution in [0.15, 0.2) is 46.3 Å². The molecular formula is C14H15N3OS. The monoisotopic (exact) mass is 273 g/mol. The lowest BCUT2D eigenvalue weighted by Gasteiger charge is -2.08. The minimum absolute atomic E-state index is 0.0310. The van der Waals surface area contributed by atoms with Crippen LogP contribution in [0.2, 0.25) is 0 Å². The van der Waals surface area contributed by atoms with Crippen LogP contribution in [0, 0.1) is 12.3 Å². The first-order valence-electron chi connectivity index (χ1n) is 5.74. The first kappa shape index (κ1) is 13.4. The lowest BCUT2D eigenvalue weighted by Crippen LogP contribution is -2.13. The quantitative estimate of drug-likeness (QED) is 0.663. The molecule has 0 spiro atoms. The van der Waals surface area contributed by atoms with E-state index in [0.29, 0.717) is 5.56 Å². The minimum Gasteiger partial charge on any atom is -0.497 e. The maximum Gasteiger partial charge on any atom is 0.125 e. The van der Waals surface area contributed by atoms with E-state index in [1.54, 1.807) is 7.11 Å². The number of nitrogens with two attached hydrogens (primary N) is 1. The number of pyridine rings is 1. The van der Waals surface area contributed by atoms with Crippen molar-refractivity contribution >= 4 is 17.6 Å². The number of ether oxygens (including phenoxy) is 1. The Morgan fingerprint density at radius 2 is 1.89 bits per heavy atom. The SMILES string of the molecule is COc1ccc(Sc2nc(C)ccc2C(=N)N)cc1. The molecule has 0 saturated carbocycles. The summed E-state index contributed by atoms with van der Waals surface area (Å²) in [5.41, 5.74) is 7.14. The number of hydrogen-bond acceptors (Lipinski definition) is 4. The van der Waals surface area contributed by atoms with Crippen LogP contribution >= 0.6 is 11.8 Å². The van der Waals surface area contributed by atoms with Gasteiger partial charge in [0.2, 0.25) is 0 Å². The van der Waals surface area contributed by atoms with Crippen LogP contribution < -0.4 is 10.5 Å². The van der Waals surface area contributed by atoms with Crippen molar-refractivity contribution in [3.8, 4) is 5.75 Å². The van der Waals surface area contributed by atoms with E-state index in [2.05, 4.69) is 4.98 Å². The topological polar surface area (TPSA) is 72.0 Å². The summed E-state index contributed by atoms with van der Waals surface area (Å²) in [5.74, 6) is 0.844. The van der Waals surface area contributed by atoms with E-state index >= 15 is 0 Å². The lowest BCUT2D eigenvalue weighted by atomic mass is 10.2. The van der Waals surface area contributed by atoms with Crippen molar-refractivity contribution in [1.29, 1.82) is 5.41 Å². The Bertz CT molecular complexity index is 596. The van der Waals surface area contributed by atoms with Gasteiger partial charge in [-0.1, -0.05) is 11.8 Å². The number of nitrogens with one attached hydrogen (secondary N) is 1. The fourth-order valence-electron chi connectivity index (χ4n) is 1.57. The number of aromatic nitrogens is 1. The smallest absolute Gasteiger partial charge is 0.125 e. The zero-order valence-electron chi connectivity index (χ0n) is 10.8. The fraction of sp³-hybridized carbons (Fsp3) is 0.143. The van der Waals surface area contributed by atoms with Gasteiger partial charge in [0.25, 0.3) is 0 Å². The van der Waals surface area contributed by atoms with Crippen LogP contribution in [0.5, 0.6) is 5.75 Å². The Labute approximate surface area is 116 Å². The number of rotatable bonds is 4. The highest BCUT2D eigenvalue weighted by molar-refractivity contribution is 7.99. The van der Waals surface area contributed by atoms with Crippen molar-refractivity contribution in [2.45, 2.75) is 16.8 Å². The van der Waals surface area contributed by atoms with Crippen molar-refractivity contribution in [3.63, 3.8) is 0 Å². The molecule has 0 atom stereocenters. The second-order valence-electron chi connectivity index (χ2n) is 4.00. The van der Waals surface area contributed by atoms with Crippen LogP contribution in [0.1, 0.15) is 11.3 Å². The maximum absolute atomic E-state index is 7.58. The molecule has 1 aromatic carbocycles. The third kappa shape index (κ3) is 3.26. The number of nitrogen functional groups attached to an aromatic ring is 1. The Hall–Kier alpha value is -2.01. The molecular weight excluding hydrogens is 258 g/mol. The highest BCUT2D eigenvalue weighted by Crippen LogP contribution is 2.30. The molecule has 0 amide bonds. The summed E-state index contributed by atoms with van der Waals surface area (Å²) in [5, 5.41) is 8.33. The highest BCUT2D eigenvalue weighted by Gasteiger charge is 2.09. The molecule has 0 bridgehead atoms. The molecule has 0 aliphatic carbocycles. The molecule has 98 valence electrons. The average Bonchev–Trinajstić information content (AvgIpc) is 2.39. The molecule has 1 heterocycles. The van der Waals surface area contributed by atoms with Crippen molar-refractivity contribution in [2.75, 3.05) is 7.11 Å². The molecule has 2 rings (SSSR count). The summed E-state index contributed by atoms with van der Waals surface area (Å²) in [7, 11) is 1.64. The summed E-state index contributed by atoms with van der Waals surface area (Å²) in [4.78, 5) is 5.47. The van der Waals surface area contributed by atoms with Gasteiger partial charge in [-0.3, -0.25) is 5.41 Å².